The van der Waals surface area contributed by atoms with Gasteiger partial charge in [0.1, 0.15) is 0 Å². The summed E-state index contributed by atoms with van der Waals surface area (Å²) in [7, 11) is -3.87. The maximum atomic E-state index is 13.2. The Hall–Kier alpha value is -3.71. The summed E-state index contributed by atoms with van der Waals surface area (Å²) in [5.74, 6) is 0. The van der Waals surface area contributed by atoms with Crippen molar-refractivity contribution in [2.75, 3.05) is 0 Å². The van der Waals surface area contributed by atoms with E-state index in [9.17, 15) is 13.6 Å². The SMILES string of the molecule is O=S(=O)(c1ccccc1)n1cc(-c2ccc3ccccc3[n+]2[O-])c2cccnc21. The molecule has 29 heavy (non-hydrogen) atoms. The molecule has 0 aliphatic heterocycles. The summed E-state index contributed by atoms with van der Waals surface area (Å²) in [4.78, 5) is 4.44. The van der Waals surface area contributed by atoms with E-state index in [2.05, 4.69) is 4.98 Å². The van der Waals surface area contributed by atoms with Gasteiger partial charge in [-0.1, -0.05) is 30.3 Å². The Morgan fingerprint density at radius 3 is 2.45 bits per heavy atom. The number of aromatic nitrogens is 3. The van der Waals surface area contributed by atoms with Crippen LogP contribution < -0.4 is 4.73 Å². The van der Waals surface area contributed by atoms with Crippen LogP contribution >= 0.6 is 0 Å². The van der Waals surface area contributed by atoms with Crippen molar-refractivity contribution in [2.45, 2.75) is 4.90 Å². The monoisotopic (exact) mass is 401 g/mol. The van der Waals surface area contributed by atoms with Gasteiger partial charge in [0.15, 0.2) is 5.65 Å². The molecule has 0 unspecified atom stereocenters. The van der Waals surface area contributed by atoms with Gasteiger partial charge in [-0.2, -0.15) is 4.73 Å². The Balaban J connectivity index is 1.81. The zero-order valence-corrected chi connectivity index (χ0v) is 16.0. The molecule has 7 heteroatoms. The zero-order chi connectivity index (χ0) is 20.0. The van der Waals surface area contributed by atoms with Crippen LogP contribution in [0.4, 0.5) is 0 Å². The Bertz CT molecular complexity index is 1480. The second-order valence-corrected chi connectivity index (χ2v) is 8.42. The highest BCUT2D eigenvalue weighted by Crippen LogP contribution is 2.31. The van der Waals surface area contributed by atoms with Gasteiger partial charge in [0, 0.05) is 35.3 Å². The van der Waals surface area contributed by atoms with Crippen LogP contribution in [0.15, 0.2) is 96.2 Å². The van der Waals surface area contributed by atoms with Crippen molar-refractivity contribution < 1.29 is 13.1 Å². The van der Waals surface area contributed by atoms with E-state index in [4.69, 9.17) is 0 Å². The van der Waals surface area contributed by atoms with Gasteiger partial charge in [0.05, 0.1) is 10.5 Å². The van der Waals surface area contributed by atoms with Crippen LogP contribution in [0.1, 0.15) is 0 Å². The first-order valence-corrected chi connectivity index (χ1v) is 10.4. The summed E-state index contributed by atoms with van der Waals surface area (Å²) in [6, 6.07) is 22.5. The average molecular weight is 401 g/mol. The van der Waals surface area contributed by atoms with Crippen LogP contribution in [0.25, 0.3) is 33.2 Å². The molecule has 3 aromatic heterocycles. The molecule has 0 aliphatic rings. The number of benzene rings is 2. The second-order valence-electron chi connectivity index (χ2n) is 6.60. The summed E-state index contributed by atoms with van der Waals surface area (Å²) < 4.78 is 28.4. The first-order chi connectivity index (χ1) is 14.1. The van der Waals surface area contributed by atoms with E-state index in [1.165, 1.54) is 24.5 Å². The predicted octanol–water partition coefficient (Wildman–Crippen LogP) is 3.73. The lowest BCUT2D eigenvalue weighted by atomic mass is 10.1. The van der Waals surface area contributed by atoms with E-state index in [0.717, 1.165) is 14.1 Å². The Kier molecular flexibility index (Phi) is 3.85. The number of fused-ring (bicyclic) bond motifs is 2. The fourth-order valence-electron chi connectivity index (χ4n) is 3.50. The highest BCUT2D eigenvalue weighted by molar-refractivity contribution is 7.90. The van der Waals surface area contributed by atoms with Crippen molar-refractivity contribution >= 4 is 32.0 Å². The fourth-order valence-corrected chi connectivity index (χ4v) is 4.85. The first kappa shape index (κ1) is 17.4. The lowest BCUT2D eigenvalue weighted by Crippen LogP contribution is -2.29. The number of nitrogens with zero attached hydrogens (tertiary/aromatic N) is 3. The van der Waals surface area contributed by atoms with Crippen LogP contribution in [0, 0.1) is 5.21 Å². The van der Waals surface area contributed by atoms with Gasteiger partial charge in [-0.3, -0.25) is 0 Å². The van der Waals surface area contributed by atoms with E-state index in [1.807, 2.05) is 18.2 Å². The van der Waals surface area contributed by atoms with Gasteiger partial charge in [-0.05, 0) is 36.4 Å². The number of rotatable bonds is 3. The molecule has 0 bridgehead atoms. The summed E-state index contributed by atoms with van der Waals surface area (Å²) in [6.07, 6.45) is 3.01. The predicted molar refractivity (Wildman–Crippen MR) is 111 cm³/mol. The molecule has 2 aromatic carbocycles. The quantitative estimate of drug-likeness (QED) is 0.341. The number of hydrogen-bond donors (Lipinski definition) is 0. The Morgan fingerprint density at radius 1 is 0.862 bits per heavy atom. The molecule has 0 amide bonds. The second kappa shape index (κ2) is 6.42. The number of para-hydroxylation sites is 1. The Morgan fingerprint density at radius 2 is 1.62 bits per heavy atom. The lowest BCUT2D eigenvalue weighted by molar-refractivity contribution is -0.564. The molecule has 0 spiro atoms. The molecule has 0 radical (unpaired) electrons. The van der Waals surface area contributed by atoms with E-state index in [-0.39, 0.29) is 10.5 Å². The molecule has 3 heterocycles. The molecular formula is C22H15N3O3S. The molecular weight excluding hydrogens is 386 g/mol. The highest BCUT2D eigenvalue weighted by Gasteiger charge is 2.25. The Labute approximate surface area is 166 Å². The molecule has 0 N–H and O–H groups in total. The van der Waals surface area contributed by atoms with Crippen molar-refractivity contribution in [3.63, 3.8) is 0 Å². The maximum Gasteiger partial charge on any atom is 0.269 e. The summed E-state index contributed by atoms with van der Waals surface area (Å²) in [5, 5.41) is 14.4. The minimum Gasteiger partial charge on any atom is -0.618 e. The third kappa shape index (κ3) is 2.67. The molecule has 6 nitrogen and oxygen atoms in total. The lowest BCUT2D eigenvalue weighted by Gasteiger charge is -2.07. The smallest absolute Gasteiger partial charge is 0.269 e. The largest absolute Gasteiger partial charge is 0.618 e. The normalized spacial score (nSPS) is 11.9. The maximum absolute atomic E-state index is 13.2. The van der Waals surface area contributed by atoms with Gasteiger partial charge < -0.3 is 5.21 Å². The molecule has 0 aliphatic carbocycles. The molecule has 0 saturated carbocycles. The third-order valence-corrected chi connectivity index (χ3v) is 6.57. The van der Waals surface area contributed by atoms with Crippen molar-refractivity contribution in [3.8, 4) is 11.3 Å². The van der Waals surface area contributed by atoms with E-state index in [0.29, 0.717) is 22.2 Å². The van der Waals surface area contributed by atoms with Gasteiger partial charge in [0.25, 0.3) is 10.0 Å². The standard InChI is InChI=1S/C22H15N3O3S/c26-25-20-11-5-4-7-16(20)12-13-21(25)19-15-24(22-18(19)10-6-14-23-22)29(27,28)17-8-2-1-3-9-17/h1-15H. The van der Waals surface area contributed by atoms with E-state index in [1.54, 1.807) is 48.5 Å². The summed E-state index contributed by atoms with van der Waals surface area (Å²) in [6.45, 7) is 0. The molecule has 0 fully saturated rings. The molecule has 142 valence electrons. The van der Waals surface area contributed by atoms with E-state index >= 15 is 0 Å². The van der Waals surface area contributed by atoms with E-state index < -0.39 is 10.0 Å². The summed E-state index contributed by atoms with van der Waals surface area (Å²) >= 11 is 0. The number of hydrogen-bond acceptors (Lipinski definition) is 4. The minimum atomic E-state index is -3.87. The third-order valence-electron chi connectivity index (χ3n) is 4.90. The van der Waals surface area contributed by atoms with Crippen LogP contribution in [0.3, 0.4) is 0 Å². The van der Waals surface area contributed by atoms with Crippen LogP contribution in [-0.2, 0) is 10.0 Å². The first-order valence-electron chi connectivity index (χ1n) is 8.96. The topological polar surface area (TPSA) is 78.9 Å². The van der Waals surface area contributed by atoms with Crippen molar-refractivity contribution in [1.82, 2.24) is 8.96 Å². The van der Waals surface area contributed by atoms with Gasteiger partial charge >= 0.3 is 0 Å². The fraction of sp³-hybridized carbons (Fsp3) is 0. The van der Waals surface area contributed by atoms with Gasteiger partial charge in [-0.15, -0.1) is 0 Å². The van der Waals surface area contributed by atoms with Crippen LogP contribution in [-0.4, -0.2) is 17.4 Å². The molecule has 5 aromatic rings. The van der Waals surface area contributed by atoms with Crippen molar-refractivity contribution in [2.24, 2.45) is 0 Å². The van der Waals surface area contributed by atoms with Crippen molar-refractivity contribution in [1.29, 1.82) is 0 Å². The van der Waals surface area contributed by atoms with Crippen LogP contribution in [0.5, 0.6) is 0 Å². The summed E-state index contributed by atoms with van der Waals surface area (Å²) in [5.41, 5.74) is 1.66. The highest BCUT2D eigenvalue weighted by atomic mass is 32.2. The average Bonchev–Trinajstić information content (AvgIpc) is 3.15. The zero-order valence-electron chi connectivity index (χ0n) is 15.1. The van der Waals surface area contributed by atoms with Crippen LogP contribution in [0.2, 0.25) is 0 Å². The van der Waals surface area contributed by atoms with Crippen molar-refractivity contribution in [3.05, 3.63) is 96.5 Å². The molecule has 5 rings (SSSR count). The number of pyridine rings is 2. The molecule has 0 saturated heterocycles. The molecule has 0 atom stereocenters. The minimum absolute atomic E-state index is 0.155. The van der Waals surface area contributed by atoms with Gasteiger partial charge in [-0.25, -0.2) is 17.4 Å². The van der Waals surface area contributed by atoms with Gasteiger partial charge in [0.2, 0.25) is 11.2 Å².